The molecule has 0 aliphatic rings. The van der Waals surface area contributed by atoms with Crippen molar-refractivity contribution >= 4 is 0 Å². The van der Waals surface area contributed by atoms with E-state index in [2.05, 4.69) is 64.5 Å². The standard InChI is InChI=1S/C26H31N7O2/c1-5-7-17-33-23(27-25(30-33)26(34-3,35-4)16-6-2)18-19-12-14-20(15-13-19)21-10-8-9-11-22(21)24-28-31-32-29-24/h5,8-15H,1,6-7,16-18H2,2-4H3,(H,28,29,31,32). The van der Waals surface area contributed by atoms with Gasteiger partial charge in [-0.1, -0.05) is 68.0 Å². The molecule has 0 spiro atoms. The highest BCUT2D eigenvalue weighted by Gasteiger charge is 2.36. The van der Waals surface area contributed by atoms with Crippen LogP contribution in [0.3, 0.4) is 0 Å². The molecular formula is C26H31N7O2. The summed E-state index contributed by atoms with van der Waals surface area (Å²) in [6.45, 7) is 6.62. The molecule has 0 unspecified atom stereocenters. The number of benzene rings is 2. The number of ether oxygens (including phenoxy) is 2. The van der Waals surface area contributed by atoms with Crippen LogP contribution >= 0.6 is 0 Å². The van der Waals surface area contributed by atoms with Gasteiger partial charge in [0.1, 0.15) is 5.82 Å². The Balaban J connectivity index is 1.62. The fraction of sp³-hybridized carbons (Fsp3) is 0.346. The van der Waals surface area contributed by atoms with Gasteiger partial charge in [0.25, 0.3) is 0 Å². The van der Waals surface area contributed by atoms with Crippen molar-refractivity contribution in [1.29, 1.82) is 0 Å². The van der Waals surface area contributed by atoms with Crippen LogP contribution in [-0.4, -0.2) is 49.6 Å². The summed E-state index contributed by atoms with van der Waals surface area (Å²) in [5, 5.41) is 19.3. The zero-order valence-electron chi connectivity index (χ0n) is 20.4. The van der Waals surface area contributed by atoms with E-state index in [9.17, 15) is 0 Å². The van der Waals surface area contributed by atoms with Gasteiger partial charge in [0.15, 0.2) is 0 Å². The zero-order chi connectivity index (χ0) is 24.7. The number of allylic oxidation sites excluding steroid dienone is 1. The minimum Gasteiger partial charge on any atom is -0.347 e. The van der Waals surface area contributed by atoms with Gasteiger partial charge >= 0.3 is 0 Å². The molecule has 182 valence electrons. The van der Waals surface area contributed by atoms with Gasteiger partial charge in [0.2, 0.25) is 17.4 Å². The van der Waals surface area contributed by atoms with E-state index >= 15 is 0 Å². The molecule has 0 aliphatic carbocycles. The summed E-state index contributed by atoms with van der Waals surface area (Å²) in [6, 6.07) is 16.4. The van der Waals surface area contributed by atoms with E-state index in [1.807, 2.05) is 29.0 Å². The van der Waals surface area contributed by atoms with Gasteiger partial charge in [-0.3, -0.25) is 0 Å². The summed E-state index contributed by atoms with van der Waals surface area (Å²) in [5.74, 6) is 1.02. The minimum absolute atomic E-state index is 0.550. The summed E-state index contributed by atoms with van der Waals surface area (Å²) < 4.78 is 13.4. The molecule has 0 saturated carbocycles. The topological polar surface area (TPSA) is 104 Å². The monoisotopic (exact) mass is 473 g/mol. The third-order valence-corrected chi connectivity index (χ3v) is 6.01. The van der Waals surface area contributed by atoms with Crippen molar-refractivity contribution in [1.82, 2.24) is 35.4 Å². The lowest BCUT2D eigenvalue weighted by Crippen LogP contribution is -2.32. The summed E-state index contributed by atoms with van der Waals surface area (Å²) in [6.07, 6.45) is 4.85. The molecule has 2 aromatic heterocycles. The third-order valence-electron chi connectivity index (χ3n) is 6.01. The quantitative estimate of drug-likeness (QED) is 0.238. The van der Waals surface area contributed by atoms with Crippen molar-refractivity contribution in [2.45, 2.75) is 44.9 Å². The fourth-order valence-corrected chi connectivity index (χ4v) is 4.16. The number of nitrogens with one attached hydrogen (secondary N) is 1. The van der Waals surface area contributed by atoms with Crippen LogP contribution in [0.15, 0.2) is 61.2 Å². The Morgan fingerprint density at radius 1 is 1.06 bits per heavy atom. The number of methoxy groups -OCH3 is 2. The highest BCUT2D eigenvalue weighted by molar-refractivity contribution is 5.80. The number of hydrogen-bond acceptors (Lipinski definition) is 7. The average molecular weight is 474 g/mol. The predicted octanol–water partition coefficient (Wildman–Crippen LogP) is 4.54. The van der Waals surface area contributed by atoms with E-state index in [0.29, 0.717) is 31.0 Å². The fourth-order valence-electron chi connectivity index (χ4n) is 4.16. The van der Waals surface area contributed by atoms with Crippen LogP contribution in [0.1, 0.15) is 43.4 Å². The molecule has 0 bridgehead atoms. The van der Waals surface area contributed by atoms with Crippen LogP contribution < -0.4 is 0 Å². The first-order chi connectivity index (χ1) is 17.1. The normalized spacial score (nSPS) is 11.6. The maximum Gasteiger partial charge on any atom is 0.231 e. The number of aryl methyl sites for hydroxylation is 1. The van der Waals surface area contributed by atoms with E-state index in [1.165, 1.54) is 0 Å². The van der Waals surface area contributed by atoms with E-state index in [0.717, 1.165) is 40.9 Å². The number of aromatic amines is 1. The minimum atomic E-state index is -0.953. The largest absolute Gasteiger partial charge is 0.347 e. The van der Waals surface area contributed by atoms with Crippen molar-refractivity contribution in [3.8, 4) is 22.5 Å². The molecule has 9 nitrogen and oxygen atoms in total. The van der Waals surface area contributed by atoms with Gasteiger partial charge in [-0.05, 0) is 28.3 Å². The van der Waals surface area contributed by atoms with Crippen LogP contribution in [-0.2, 0) is 28.2 Å². The number of nitrogens with zero attached hydrogens (tertiary/aromatic N) is 6. The second kappa shape index (κ2) is 11.2. The lowest BCUT2D eigenvalue weighted by Gasteiger charge is -2.27. The summed E-state index contributed by atoms with van der Waals surface area (Å²) >= 11 is 0. The first kappa shape index (κ1) is 24.4. The van der Waals surface area contributed by atoms with Gasteiger partial charge < -0.3 is 9.47 Å². The Morgan fingerprint density at radius 3 is 2.43 bits per heavy atom. The molecule has 0 aliphatic heterocycles. The molecule has 2 aromatic carbocycles. The van der Waals surface area contributed by atoms with Gasteiger partial charge in [-0.15, -0.1) is 16.8 Å². The Bertz CT molecular complexity index is 1230. The SMILES string of the molecule is C=CCCn1nc(C(CCC)(OC)OC)nc1Cc1ccc(-c2ccccc2-c2nn[nH]n2)cc1. The van der Waals surface area contributed by atoms with Crippen molar-refractivity contribution in [2.24, 2.45) is 0 Å². The van der Waals surface area contributed by atoms with Crippen molar-refractivity contribution in [3.63, 3.8) is 0 Å². The second-order valence-electron chi connectivity index (χ2n) is 8.22. The Morgan fingerprint density at radius 2 is 1.80 bits per heavy atom. The molecule has 9 heteroatoms. The number of aromatic nitrogens is 7. The van der Waals surface area contributed by atoms with Crippen LogP contribution in [0, 0.1) is 0 Å². The van der Waals surface area contributed by atoms with Gasteiger partial charge in [0.05, 0.1) is 0 Å². The van der Waals surface area contributed by atoms with Crippen molar-refractivity contribution in [2.75, 3.05) is 14.2 Å². The van der Waals surface area contributed by atoms with Crippen LogP contribution in [0.25, 0.3) is 22.5 Å². The third kappa shape index (κ3) is 5.21. The first-order valence-corrected chi connectivity index (χ1v) is 11.7. The number of hydrogen-bond donors (Lipinski definition) is 1. The second-order valence-corrected chi connectivity index (χ2v) is 8.22. The molecule has 2 heterocycles. The predicted molar refractivity (Wildman–Crippen MR) is 133 cm³/mol. The van der Waals surface area contributed by atoms with Gasteiger partial charge in [-0.25, -0.2) is 9.67 Å². The number of H-pyrrole nitrogens is 1. The maximum absolute atomic E-state index is 5.75. The van der Waals surface area contributed by atoms with Crippen molar-refractivity contribution < 1.29 is 9.47 Å². The molecule has 4 aromatic rings. The lowest BCUT2D eigenvalue weighted by atomic mass is 9.98. The van der Waals surface area contributed by atoms with Crippen LogP contribution in [0.2, 0.25) is 0 Å². The zero-order valence-corrected chi connectivity index (χ0v) is 20.4. The highest BCUT2D eigenvalue weighted by Crippen LogP contribution is 2.31. The molecule has 0 radical (unpaired) electrons. The Kier molecular flexibility index (Phi) is 7.79. The molecular weight excluding hydrogens is 442 g/mol. The summed E-state index contributed by atoms with van der Waals surface area (Å²) in [7, 11) is 3.27. The Labute approximate surface area is 205 Å². The molecule has 35 heavy (non-hydrogen) atoms. The van der Waals surface area contributed by atoms with Crippen LogP contribution in [0.5, 0.6) is 0 Å². The average Bonchev–Trinajstić information content (AvgIpc) is 3.57. The van der Waals surface area contributed by atoms with Crippen LogP contribution in [0.4, 0.5) is 0 Å². The molecule has 0 fully saturated rings. The molecule has 1 N–H and O–H groups in total. The maximum atomic E-state index is 5.75. The van der Waals surface area contributed by atoms with E-state index < -0.39 is 5.79 Å². The molecule has 0 atom stereocenters. The van der Waals surface area contributed by atoms with E-state index in [-0.39, 0.29) is 0 Å². The molecule has 0 amide bonds. The molecule has 0 saturated heterocycles. The highest BCUT2D eigenvalue weighted by atomic mass is 16.7. The Hall–Kier alpha value is -3.69. The van der Waals surface area contributed by atoms with Gasteiger partial charge in [-0.2, -0.15) is 10.3 Å². The lowest BCUT2D eigenvalue weighted by molar-refractivity contribution is -0.225. The van der Waals surface area contributed by atoms with Gasteiger partial charge in [0, 0.05) is 39.2 Å². The summed E-state index contributed by atoms with van der Waals surface area (Å²) in [4.78, 5) is 4.86. The number of rotatable bonds is 12. The summed E-state index contributed by atoms with van der Waals surface area (Å²) in [5.41, 5.74) is 4.17. The van der Waals surface area contributed by atoms with Crippen molar-refractivity contribution in [3.05, 3.63) is 78.4 Å². The number of tetrazole rings is 1. The smallest absolute Gasteiger partial charge is 0.231 e. The molecule has 4 rings (SSSR count). The van der Waals surface area contributed by atoms with E-state index in [4.69, 9.17) is 19.6 Å². The van der Waals surface area contributed by atoms with E-state index in [1.54, 1.807) is 14.2 Å². The first-order valence-electron chi connectivity index (χ1n) is 11.7.